The maximum atomic E-state index is 9.12. The molecule has 9 aromatic carbocycles. The van der Waals surface area contributed by atoms with Crippen LogP contribution in [-0.2, 0) is 28.0 Å². The van der Waals surface area contributed by atoms with Crippen LogP contribution in [0.1, 0.15) is 4.11 Å². The predicted molar refractivity (Wildman–Crippen MR) is 245 cm³/mol. The summed E-state index contributed by atoms with van der Waals surface area (Å²) in [6, 6.07) is 67.9. The minimum atomic E-state index is -2.65. The summed E-state index contributed by atoms with van der Waals surface area (Å²) in [5.74, 6) is 1.69. The summed E-state index contributed by atoms with van der Waals surface area (Å²) < 4.78 is 39.1. The van der Waals surface area contributed by atoms with Gasteiger partial charge in [0.1, 0.15) is 5.82 Å². The summed E-state index contributed by atoms with van der Waals surface area (Å²) in [7, 11) is 0. The van der Waals surface area contributed by atoms with Crippen LogP contribution < -0.4 is 9.30 Å². The van der Waals surface area contributed by atoms with Crippen LogP contribution in [0.4, 0.5) is 0 Å². The fraction of sp³-hybridized carbons (Fsp3) is 0.0182. The molecule has 0 saturated heterocycles. The Balaban J connectivity index is 0.00000456. The van der Waals surface area contributed by atoms with Crippen LogP contribution in [0.25, 0.3) is 98.2 Å². The number of nitrogens with zero attached hydrogens (tertiary/aromatic N) is 4. The zero-order chi connectivity index (χ0) is 42.2. The van der Waals surface area contributed by atoms with E-state index in [1.807, 2.05) is 97.1 Å². The Morgan fingerprint density at radius 1 is 0.492 bits per heavy atom. The average molecular weight is 965 g/mol. The molecule has 3 aromatic heterocycles. The average Bonchev–Trinajstić information content (AvgIpc) is 3.66. The molecule has 0 amide bonds. The van der Waals surface area contributed by atoms with Crippen molar-refractivity contribution in [3.8, 4) is 23.0 Å². The van der Waals surface area contributed by atoms with E-state index in [1.54, 1.807) is 10.8 Å². The molecule has 0 N–H and O–H groups in total. The molecule has 292 valence electrons. The van der Waals surface area contributed by atoms with E-state index < -0.39 is 6.98 Å². The summed E-state index contributed by atoms with van der Waals surface area (Å²) >= 11 is 0. The number of hydrogen-bond donors (Lipinski definition) is 0. The van der Waals surface area contributed by atoms with Crippen LogP contribution in [0, 0.1) is 18.5 Å². The van der Waals surface area contributed by atoms with Gasteiger partial charge in [0.15, 0.2) is 0 Å². The molecule has 0 bridgehead atoms. The maximum absolute atomic E-state index is 9.12. The van der Waals surface area contributed by atoms with Gasteiger partial charge in [0.2, 0.25) is 6.33 Å². The Morgan fingerprint density at radius 3 is 1.75 bits per heavy atom. The standard InChI is InChI=1S/C55H34N4O.Pt/c1-57-35-58(36-15-12-16-37(33-36)60-38-30-31-45-43-21-7-9-27-50(43)59(52(45)34-38)53-29-10-11-32-56-53)49-26-8-6-22-44(49)48-24-13-23-46-41-19-4-2-17-39(41)40-18-3-5-20-42(40)47-25-14-28-51(57)55(47)54(46)48;/h2-32H,1H3;/q-2;/i1D3;. The van der Waals surface area contributed by atoms with Crippen LogP contribution in [0.15, 0.2) is 188 Å². The van der Waals surface area contributed by atoms with Crippen LogP contribution in [0.3, 0.4) is 0 Å². The van der Waals surface area contributed by atoms with E-state index in [9.17, 15) is 0 Å². The molecule has 5 nitrogen and oxygen atoms in total. The Morgan fingerprint density at radius 2 is 1.05 bits per heavy atom. The molecule has 0 aliphatic heterocycles. The second-order valence-corrected chi connectivity index (χ2v) is 14.9. The van der Waals surface area contributed by atoms with Gasteiger partial charge in [0, 0.05) is 44.3 Å². The van der Waals surface area contributed by atoms with Crippen LogP contribution in [0.2, 0.25) is 0 Å². The molecule has 0 saturated carbocycles. The van der Waals surface area contributed by atoms with Crippen molar-refractivity contribution < 1.29 is 34.5 Å². The summed E-state index contributed by atoms with van der Waals surface area (Å²) in [5.41, 5.74) is 3.62. The Hall–Kier alpha value is -7.33. The first-order chi connectivity index (χ1) is 30.9. The molecule has 12 aromatic rings. The van der Waals surface area contributed by atoms with Crippen molar-refractivity contribution in [1.82, 2.24) is 14.1 Å². The topological polar surface area (TPSA) is 35.9 Å². The van der Waals surface area contributed by atoms with Crippen LogP contribution in [0.5, 0.6) is 11.5 Å². The van der Waals surface area contributed by atoms with E-state index in [-0.39, 0.29) is 21.1 Å². The van der Waals surface area contributed by atoms with Gasteiger partial charge in [-0.05, 0) is 77.4 Å². The monoisotopic (exact) mass is 964 g/mol. The van der Waals surface area contributed by atoms with Crippen molar-refractivity contribution in [3.05, 3.63) is 207 Å². The largest absolute Gasteiger partial charge is 0.510 e. The Kier molecular flexibility index (Phi) is 8.09. The first kappa shape index (κ1) is 33.5. The van der Waals surface area contributed by atoms with Crippen molar-refractivity contribution in [2.75, 3.05) is 0 Å². The first-order valence-electron chi connectivity index (χ1n) is 21.4. The van der Waals surface area contributed by atoms with E-state index in [4.69, 9.17) is 8.85 Å². The summed E-state index contributed by atoms with van der Waals surface area (Å²) in [4.78, 5) is 4.67. The summed E-state index contributed by atoms with van der Waals surface area (Å²) in [6.07, 6.45) is 5.19. The number of rotatable bonds is 4. The second kappa shape index (κ2) is 14.7. The molecule has 0 fully saturated rings. The fourth-order valence-corrected chi connectivity index (χ4v) is 9.08. The molecule has 61 heavy (non-hydrogen) atoms. The third-order valence-electron chi connectivity index (χ3n) is 11.6. The minimum absolute atomic E-state index is 0. The van der Waals surface area contributed by atoms with Gasteiger partial charge < -0.3 is 18.4 Å². The first-order valence-corrected chi connectivity index (χ1v) is 19.9. The van der Waals surface area contributed by atoms with E-state index in [0.717, 1.165) is 87.0 Å². The second-order valence-electron chi connectivity index (χ2n) is 14.9. The van der Waals surface area contributed by atoms with Crippen molar-refractivity contribution in [1.29, 1.82) is 0 Å². The Labute approximate surface area is 370 Å². The summed E-state index contributed by atoms with van der Waals surface area (Å²) in [6.45, 7) is -2.65. The zero-order valence-corrected chi connectivity index (χ0v) is 34.7. The van der Waals surface area contributed by atoms with E-state index in [2.05, 4.69) is 113 Å². The molecular formula is C55H34N4OPt-2. The third kappa shape index (κ3) is 5.88. The number of hydrogen-bond acceptors (Lipinski definition) is 2. The van der Waals surface area contributed by atoms with Gasteiger partial charge in [-0.3, -0.25) is 0 Å². The van der Waals surface area contributed by atoms with Crippen LogP contribution in [-0.4, -0.2) is 14.1 Å². The molecule has 12 rings (SSSR count). The molecule has 0 aliphatic carbocycles. The maximum Gasteiger partial charge on any atom is 0.243 e. The minimum Gasteiger partial charge on any atom is -0.510 e. The molecule has 3 heterocycles. The quantitative estimate of drug-likeness (QED) is 0.130. The number of aryl methyl sites for hydroxylation is 1. The van der Waals surface area contributed by atoms with Gasteiger partial charge in [0.05, 0.1) is 22.1 Å². The van der Waals surface area contributed by atoms with Crippen molar-refractivity contribution in [3.63, 3.8) is 0 Å². The number of ether oxygens (including phenoxy) is 1. The number of fused-ring (bicyclic) bond motifs is 10. The number of benzene rings is 8. The van der Waals surface area contributed by atoms with Crippen molar-refractivity contribution in [2.24, 2.45) is 6.98 Å². The van der Waals surface area contributed by atoms with E-state index in [1.165, 1.54) is 4.57 Å². The van der Waals surface area contributed by atoms with Gasteiger partial charge >= 0.3 is 0 Å². The van der Waals surface area contributed by atoms with Crippen molar-refractivity contribution in [2.45, 2.75) is 0 Å². The number of aromatic nitrogens is 4. The summed E-state index contributed by atoms with van der Waals surface area (Å²) in [5, 5.41) is 12.0. The molecule has 0 atom stereocenters. The zero-order valence-electron chi connectivity index (χ0n) is 35.4. The third-order valence-corrected chi connectivity index (χ3v) is 11.6. The molecule has 0 spiro atoms. The predicted octanol–water partition coefficient (Wildman–Crippen LogP) is 13.0. The SMILES string of the molecule is [2H]C([2H])([2H])[n+]1[c-]n(-c2[c-]c(Oc3[c-]c4c(cc3)c3ccccc3n4-c3ccccn3)ccc2)c2ccccc2c2cccc3c4ccccc4c4ccccc4c4cccc1c4c32.[Pt]. The molecular weight excluding hydrogens is 928 g/mol. The normalized spacial score (nSPS) is 12.5. The molecule has 0 unspecified atom stereocenters. The van der Waals surface area contributed by atoms with Gasteiger partial charge in [0.25, 0.3) is 0 Å². The number of pyridine rings is 1. The van der Waals surface area contributed by atoms with Gasteiger partial charge in [-0.15, -0.1) is 29.7 Å². The van der Waals surface area contributed by atoms with E-state index in [0.29, 0.717) is 22.7 Å². The fourth-order valence-electron chi connectivity index (χ4n) is 9.08. The van der Waals surface area contributed by atoms with Gasteiger partial charge in [-0.2, -0.15) is 18.2 Å². The molecule has 0 radical (unpaired) electrons. The van der Waals surface area contributed by atoms with E-state index >= 15 is 0 Å². The smallest absolute Gasteiger partial charge is 0.243 e. The molecule has 0 aliphatic rings. The van der Waals surface area contributed by atoms with Gasteiger partial charge in [-0.25, -0.2) is 4.98 Å². The van der Waals surface area contributed by atoms with Crippen molar-refractivity contribution >= 4 is 86.7 Å². The number of para-hydroxylation sites is 2. The van der Waals surface area contributed by atoms with Gasteiger partial charge in [-0.1, -0.05) is 145 Å². The van der Waals surface area contributed by atoms with Crippen LogP contribution >= 0.6 is 0 Å². The Bertz CT molecular complexity index is 3900. The molecule has 6 heteroatoms.